The van der Waals surface area contributed by atoms with Gasteiger partial charge in [0.25, 0.3) is 0 Å². The Bertz CT molecular complexity index is 427. The third-order valence-electron chi connectivity index (χ3n) is 3.26. The predicted molar refractivity (Wildman–Crippen MR) is 63.3 cm³/mol. The molecule has 1 unspecified atom stereocenters. The summed E-state index contributed by atoms with van der Waals surface area (Å²) in [5.74, 6) is 1.70. The van der Waals surface area contributed by atoms with Gasteiger partial charge < -0.3 is 4.90 Å². The van der Waals surface area contributed by atoms with Crippen LogP contribution in [0.3, 0.4) is 0 Å². The molecule has 1 atom stereocenters. The lowest BCUT2D eigenvalue weighted by Crippen LogP contribution is -2.35. The Hall–Kier alpha value is -1.50. The lowest BCUT2D eigenvalue weighted by atomic mass is 10.00. The van der Waals surface area contributed by atoms with Gasteiger partial charge >= 0.3 is 0 Å². The molecule has 86 valence electrons. The van der Waals surface area contributed by atoms with Crippen molar-refractivity contribution in [1.82, 2.24) is 9.78 Å². The quantitative estimate of drug-likeness (QED) is 0.722. The van der Waals surface area contributed by atoms with E-state index in [0.717, 1.165) is 30.2 Å². The second-order valence-electron chi connectivity index (χ2n) is 4.71. The average molecular weight is 218 g/mol. The first-order chi connectivity index (χ1) is 7.63. The molecule has 0 radical (unpaired) electrons. The number of piperidine rings is 1. The molecule has 0 bridgehead atoms. The van der Waals surface area contributed by atoms with Crippen LogP contribution < -0.4 is 4.90 Å². The van der Waals surface area contributed by atoms with Gasteiger partial charge in [-0.2, -0.15) is 10.4 Å². The number of aromatic nitrogens is 2. The van der Waals surface area contributed by atoms with Crippen molar-refractivity contribution in [1.29, 1.82) is 5.26 Å². The number of aryl methyl sites for hydroxylation is 2. The highest BCUT2D eigenvalue weighted by atomic mass is 15.4. The smallest absolute Gasteiger partial charge is 0.144 e. The van der Waals surface area contributed by atoms with E-state index in [-0.39, 0.29) is 0 Å². The maximum atomic E-state index is 9.18. The van der Waals surface area contributed by atoms with Gasteiger partial charge in [-0.3, -0.25) is 4.68 Å². The Kier molecular flexibility index (Phi) is 2.86. The number of hydrogen-bond acceptors (Lipinski definition) is 3. The van der Waals surface area contributed by atoms with Crippen molar-refractivity contribution in [3.05, 3.63) is 11.3 Å². The van der Waals surface area contributed by atoms with Gasteiger partial charge in [-0.25, -0.2) is 0 Å². The third kappa shape index (κ3) is 1.78. The van der Waals surface area contributed by atoms with Crippen LogP contribution in [0.1, 0.15) is 31.0 Å². The molecule has 2 heterocycles. The van der Waals surface area contributed by atoms with Crippen molar-refractivity contribution in [2.45, 2.75) is 26.7 Å². The van der Waals surface area contributed by atoms with Crippen LogP contribution in [0.4, 0.5) is 5.82 Å². The number of anilines is 1. The molecular formula is C12H18N4. The van der Waals surface area contributed by atoms with Gasteiger partial charge in [0.1, 0.15) is 17.5 Å². The molecule has 4 heteroatoms. The Labute approximate surface area is 96.5 Å². The molecule has 1 aliphatic rings. The van der Waals surface area contributed by atoms with Crippen molar-refractivity contribution in [3.8, 4) is 6.07 Å². The fourth-order valence-corrected chi connectivity index (χ4v) is 2.52. The molecular weight excluding hydrogens is 200 g/mol. The van der Waals surface area contributed by atoms with Crippen molar-refractivity contribution in [3.63, 3.8) is 0 Å². The monoisotopic (exact) mass is 218 g/mol. The van der Waals surface area contributed by atoms with Crippen molar-refractivity contribution >= 4 is 5.82 Å². The zero-order valence-electron chi connectivity index (χ0n) is 10.2. The molecule has 4 nitrogen and oxygen atoms in total. The second-order valence-corrected chi connectivity index (χ2v) is 4.71. The molecule has 1 aromatic rings. The first kappa shape index (κ1) is 11.0. The van der Waals surface area contributed by atoms with E-state index in [0.29, 0.717) is 5.92 Å². The summed E-state index contributed by atoms with van der Waals surface area (Å²) in [5, 5.41) is 13.5. The van der Waals surface area contributed by atoms with Gasteiger partial charge in [-0.05, 0) is 25.7 Å². The van der Waals surface area contributed by atoms with Gasteiger partial charge in [0.05, 0.1) is 5.69 Å². The largest absolute Gasteiger partial charge is 0.355 e. The number of nitrogens with zero attached hydrogens (tertiary/aromatic N) is 4. The van der Waals surface area contributed by atoms with E-state index in [1.807, 2.05) is 18.7 Å². The van der Waals surface area contributed by atoms with E-state index < -0.39 is 0 Å². The molecule has 1 fully saturated rings. The summed E-state index contributed by atoms with van der Waals surface area (Å²) in [4.78, 5) is 2.30. The van der Waals surface area contributed by atoms with E-state index in [1.165, 1.54) is 12.8 Å². The molecule has 0 N–H and O–H groups in total. The van der Waals surface area contributed by atoms with Crippen LogP contribution in [-0.4, -0.2) is 22.9 Å². The van der Waals surface area contributed by atoms with Crippen LogP contribution in [0.2, 0.25) is 0 Å². The number of hydrogen-bond donors (Lipinski definition) is 0. The molecule has 0 saturated carbocycles. The van der Waals surface area contributed by atoms with Gasteiger partial charge in [0, 0.05) is 20.1 Å². The van der Waals surface area contributed by atoms with Crippen LogP contribution in [-0.2, 0) is 7.05 Å². The minimum Gasteiger partial charge on any atom is -0.355 e. The highest BCUT2D eigenvalue weighted by Gasteiger charge is 2.23. The Morgan fingerprint density at radius 2 is 2.25 bits per heavy atom. The fraction of sp³-hybridized carbons (Fsp3) is 0.667. The van der Waals surface area contributed by atoms with E-state index in [9.17, 15) is 5.26 Å². The first-order valence-corrected chi connectivity index (χ1v) is 5.82. The Balaban J connectivity index is 2.36. The summed E-state index contributed by atoms with van der Waals surface area (Å²) >= 11 is 0. The molecule has 1 aliphatic heterocycles. The minimum atomic E-state index is 0.704. The SMILES string of the molecule is Cc1nn(C)c(N2CCCC(C)C2)c1C#N. The molecule has 0 aliphatic carbocycles. The lowest BCUT2D eigenvalue weighted by molar-refractivity contribution is 0.440. The molecule has 16 heavy (non-hydrogen) atoms. The molecule has 0 spiro atoms. The standard InChI is InChI=1S/C12H18N4/c1-9-5-4-6-16(8-9)12-11(7-13)10(2)14-15(12)3/h9H,4-6,8H2,1-3H3. The summed E-state index contributed by atoms with van der Waals surface area (Å²) in [7, 11) is 1.92. The highest BCUT2D eigenvalue weighted by molar-refractivity contribution is 5.57. The van der Waals surface area contributed by atoms with Crippen LogP contribution in [0.15, 0.2) is 0 Å². The normalized spacial score (nSPS) is 20.9. The third-order valence-corrected chi connectivity index (χ3v) is 3.26. The molecule has 0 aromatic carbocycles. The van der Waals surface area contributed by atoms with Gasteiger partial charge in [-0.1, -0.05) is 6.92 Å². The van der Waals surface area contributed by atoms with E-state index in [1.54, 1.807) is 0 Å². The average Bonchev–Trinajstić information content (AvgIpc) is 2.52. The minimum absolute atomic E-state index is 0.704. The number of nitriles is 1. The predicted octanol–water partition coefficient (Wildman–Crippen LogP) is 1.84. The summed E-state index contributed by atoms with van der Waals surface area (Å²) in [6, 6.07) is 2.27. The Morgan fingerprint density at radius 1 is 1.50 bits per heavy atom. The summed E-state index contributed by atoms with van der Waals surface area (Å²) in [5.41, 5.74) is 1.56. The molecule has 1 aromatic heterocycles. The van der Waals surface area contributed by atoms with E-state index >= 15 is 0 Å². The van der Waals surface area contributed by atoms with Crippen LogP contribution in [0.5, 0.6) is 0 Å². The van der Waals surface area contributed by atoms with Gasteiger partial charge in [-0.15, -0.1) is 0 Å². The lowest BCUT2D eigenvalue weighted by Gasteiger charge is -2.32. The van der Waals surface area contributed by atoms with Crippen molar-refractivity contribution in [2.24, 2.45) is 13.0 Å². The maximum Gasteiger partial charge on any atom is 0.144 e. The summed E-state index contributed by atoms with van der Waals surface area (Å²) in [6.07, 6.45) is 2.49. The topological polar surface area (TPSA) is 44.9 Å². The van der Waals surface area contributed by atoms with Crippen LogP contribution in [0, 0.1) is 24.2 Å². The van der Waals surface area contributed by atoms with Crippen LogP contribution >= 0.6 is 0 Å². The Morgan fingerprint density at radius 3 is 2.88 bits per heavy atom. The fourth-order valence-electron chi connectivity index (χ4n) is 2.52. The summed E-state index contributed by atoms with van der Waals surface area (Å²) < 4.78 is 1.84. The summed E-state index contributed by atoms with van der Waals surface area (Å²) in [6.45, 7) is 6.24. The number of rotatable bonds is 1. The first-order valence-electron chi connectivity index (χ1n) is 5.82. The zero-order chi connectivity index (χ0) is 11.7. The van der Waals surface area contributed by atoms with Crippen LogP contribution in [0.25, 0.3) is 0 Å². The molecule has 1 saturated heterocycles. The van der Waals surface area contributed by atoms with Crippen molar-refractivity contribution in [2.75, 3.05) is 18.0 Å². The van der Waals surface area contributed by atoms with Crippen molar-refractivity contribution < 1.29 is 0 Å². The maximum absolute atomic E-state index is 9.18. The van der Waals surface area contributed by atoms with E-state index in [4.69, 9.17) is 0 Å². The second kappa shape index (κ2) is 4.17. The zero-order valence-corrected chi connectivity index (χ0v) is 10.2. The van der Waals surface area contributed by atoms with E-state index in [2.05, 4.69) is 23.0 Å². The highest BCUT2D eigenvalue weighted by Crippen LogP contribution is 2.27. The van der Waals surface area contributed by atoms with Gasteiger partial charge in [0.2, 0.25) is 0 Å². The molecule has 0 amide bonds. The molecule has 2 rings (SSSR count). The van der Waals surface area contributed by atoms with Gasteiger partial charge in [0.15, 0.2) is 0 Å².